The average Bonchev–Trinajstić information content (AvgIpc) is 2.69. The summed E-state index contributed by atoms with van der Waals surface area (Å²) in [7, 11) is 1.68. The van der Waals surface area contributed by atoms with Crippen LogP contribution >= 0.6 is 0 Å². The van der Waals surface area contributed by atoms with Gasteiger partial charge in [0, 0.05) is 24.3 Å². The highest BCUT2D eigenvalue weighted by Crippen LogP contribution is 2.36. The van der Waals surface area contributed by atoms with Crippen LogP contribution in [-0.2, 0) is 10.2 Å². The second kappa shape index (κ2) is 8.23. The lowest BCUT2D eigenvalue weighted by atomic mass is 9.74. The van der Waals surface area contributed by atoms with Gasteiger partial charge in [-0.05, 0) is 49.6 Å². The molecule has 0 aliphatic carbocycles. The first kappa shape index (κ1) is 18.3. The van der Waals surface area contributed by atoms with Gasteiger partial charge in [0.25, 0.3) is 0 Å². The van der Waals surface area contributed by atoms with E-state index in [9.17, 15) is 0 Å². The molecule has 138 valence electrons. The second-order valence-corrected chi connectivity index (χ2v) is 6.81. The van der Waals surface area contributed by atoms with Crippen molar-refractivity contribution in [2.24, 2.45) is 10.7 Å². The number of nitrogens with one attached hydrogen (secondary N) is 1. The summed E-state index contributed by atoms with van der Waals surface area (Å²) in [5, 5.41) is 3.17. The summed E-state index contributed by atoms with van der Waals surface area (Å²) in [6, 6.07) is 16.4. The van der Waals surface area contributed by atoms with Gasteiger partial charge in [-0.2, -0.15) is 0 Å². The molecule has 0 atom stereocenters. The van der Waals surface area contributed by atoms with Crippen molar-refractivity contribution < 1.29 is 9.47 Å². The Morgan fingerprint density at radius 2 is 1.77 bits per heavy atom. The molecule has 0 radical (unpaired) electrons. The molecule has 26 heavy (non-hydrogen) atoms. The molecule has 1 aliphatic heterocycles. The number of rotatable bonds is 5. The Bertz CT molecular complexity index is 733. The number of benzene rings is 2. The molecule has 3 rings (SSSR count). The molecule has 1 aliphatic rings. The molecule has 0 unspecified atom stereocenters. The van der Waals surface area contributed by atoms with Crippen LogP contribution in [0.25, 0.3) is 0 Å². The van der Waals surface area contributed by atoms with Gasteiger partial charge in [0.05, 0.1) is 13.7 Å². The van der Waals surface area contributed by atoms with Crippen LogP contribution in [0.1, 0.15) is 24.0 Å². The highest BCUT2D eigenvalue weighted by Gasteiger charge is 2.34. The fourth-order valence-electron chi connectivity index (χ4n) is 3.31. The average molecular weight is 353 g/mol. The van der Waals surface area contributed by atoms with Crippen molar-refractivity contribution in [2.75, 3.05) is 32.2 Å². The van der Waals surface area contributed by atoms with E-state index < -0.39 is 0 Å². The monoisotopic (exact) mass is 353 g/mol. The van der Waals surface area contributed by atoms with Crippen molar-refractivity contribution >= 4 is 11.6 Å². The van der Waals surface area contributed by atoms with E-state index >= 15 is 0 Å². The summed E-state index contributed by atoms with van der Waals surface area (Å²) in [4.78, 5) is 4.65. The minimum absolute atomic E-state index is 0.0515. The summed E-state index contributed by atoms with van der Waals surface area (Å²) >= 11 is 0. The van der Waals surface area contributed by atoms with Gasteiger partial charge < -0.3 is 20.5 Å². The molecule has 0 amide bonds. The number of methoxy groups -OCH3 is 1. The van der Waals surface area contributed by atoms with Crippen LogP contribution in [0.4, 0.5) is 5.69 Å². The van der Waals surface area contributed by atoms with Gasteiger partial charge in [-0.15, -0.1) is 0 Å². The van der Waals surface area contributed by atoms with Gasteiger partial charge in [0.1, 0.15) is 5.75 Å². The molecule has 0 aromatic heterocycles. The largest absolute Gasteiger partial charge is 0.497 e. The highest BCUT2D eigenvalue weighted by molar-refractivity contribution is 5.92. The maximum absolute atomic E-state index is 6.13. The van der Waals surface area contributed by atoms with E-state index in [0.717, 1.165) is 37.5 Å². The Morgan fingerprint density at radius 1 is 1.12 bits per heavy atom. The van der Waals surface area contributed by atoms with Gasteiger partial charge in [0.2, 0.25) is 0 Å². The summed E-state index contributed by atoms with van der Waals surface area (Å²) in [6.07, 6.45) is 1.86. The molecule has 0 spiro atoms. The highest BCUT2D eigenvalue weighted by atomic mass is 16.5. The lowest BCUT2D eigenvalue weighted by molar-refractivity contribution is 0.0531. The molecule has 0 saturated carbocycles. The molecule has 1 saturated heterocycles. The van der Waals surface area contributed by atoms with Crippen LogP contribution in [0, 0.1) is 6.92 Å². The van der Waals surface area contributed by atoms with Crippen LogP contribution in [-0.4, -0.2) is 32.8 Å². The normalized spacial score (nSPS) is 16.9. The molecule has 2 aromatic rings. The van der Waals surface area contributed by atoms with Crippen LogP contribution in [0.3, 0.4) is 0 Å². The summed E-state index contributed by atoms with van der Waals surface area (Å²) in [5.74, 6) is 1.30. The predicted octanol–water partition coefficient (Wildman–Crippen LogP) is 3.48. The number of nitrogens with zero attached hydrogens (tertiary/aromatic N) is 1. The molecule has 2 aromatic carbocycles. The van der Waals surface area contributed by atoms with Gasteiger partial charge >= 0.3 is 0 Å². The van der Waals surface area contributed by atoms with Gasteiger partial charge in [-0.1, -0.05) is 29.8 Å². The van der Waals surface area contributed by atoms with Gasteiger partial charge in [0.15, 0.2) is 5.96 Å². The maximum Gasteiger partial charge on any atom is 0.193 e. The van der Waals surface area contributed by atoms with E-state index in [1.54, 1.807) is 7.11 Å². The van der Waals surface area contributed by atoms with Gasteiger partial charge in [-0.25, -0.2) is 0 Å². The van der Waals surface area contributed by atoms with E-state index in [1.807, 2.05) is 36.4 Å². The van der Waals surface area contributed by atoms with E-state index in [2.05, 4.69) is 29.4 Å². The fourth-order valence-corrected chi connectivity index (χ4v) is 3.31. The zero-order valence-electron chi connectivity index (χ0n) is 15.5. The number of aliphatic imine (C=N–C) groups is 1. The SMILES string of the molecule is COc1ccc(C2(CN=C(N)Nc3ccc(C)cc3)CCOCC2)cc1. The molecule has 0 bridgehead atoms. The molecule has 1 heterocycles. The maximum atomic E-state index is 6.13. The lowest BCUT2D eigenvalue weighted by Crippen LogP contribution is -2.38. The first-order valence-electron chi connectivity index (χ1n) is 8.97. The number of hydrogen-bond acceptors (Lipinski definition) is 3. The van der Waals surface area contributed by atoms with Gasteiger partial charge in [-0.3, -0.25) is 4.99 Å². The molecular formula is C21H27N3O2. The van der Waals surface area contributed by atoms with Crippen LogP contribution in [0.2, 0.25) is 0 Å². The zero-order chi connectivity index (χ0) is 18.4. The van der Waals surface area contributed by atoms with Crippen LogP contribution < -0.4 is 15.8 Å². The number of anilines is 1. The van der Waals surface area contributed by atoms with E-state index in [1.165, 1.54) is 11.1 Å². The summed E-state index contributed by atoms with van der Waals surface area (Å²) < 4.78 is 10.9. The predicted molar refractivity (Wildman–Crippen MR) is 106 cm³/mol. The molecule has 1 fully saturated rings. The second-order valence-electron chi connectivity index (χ2n) is 6.81. The third-order valence-corrected chi connectivity index (χ3v) is 5.03. The van der Waals surface area contributed by atoms with Crippen LogP contribution in [0.15, 0.2) is 53.5 Å². The minimum atomic E-state index is -0.0515. The minimum Gasteiger partial charge on any atom is -0.497 e. The van der Waals surface area contributed by atoms with Crippen molar-refractivity contribution in [3.05, 3.63) is 59.7 Å². The Balaban J connectivity index is 1.75. The first-order chi connectivity index (χ1) is 12.6. The lowest BCUT2D eigenvalue weighted by Gasteiger charge is -2.36. The molecule has 5 nitrogen and oxygen atoms in total. The van der Waals surface area contributed by atoms with Crippen molar-refractivity contribution in [1.29, 1.82) is 0 Å². The van der Waals surface area contributed by atoms with Crippen LogP contribution in [0.5, 0.6) is 5.75 Å². The van der Waals surface area contributed by atoms with Crippen molar-refractivity contribution in [3.8, 4) is 5.75 Å². The Hall–Kier alpha value is -2.53. The van der Waals surface area contributed by atoms with E-state index in [-0.39, 0.29) is 5.41 Å². The number of ether oxygens (including phenoxy) is 2. The van der Waals surface area contributed by atoms with Crippen molar-refractivity contribution in [1.82, 2.24) is 0 Å². The first-order valence-corrected chi connectivity index (χ1v) is 8.97. The molecule has 5 heteroatoms. The summed E-state index contributed by atoms with van der Waals surface area (Å²) in [5.41, 5.74) is 9.50. The molecular weight excluding hydrogens is 326 g/mol. The Labute approximate surface area is 155 Å². The zero-order valence-corrected chi connectivity index (χ0v) is 15.5. The Kier molecular flexibility index (Phi) is 5.78. The third kappa shape index (κ3) is 4.35. The smallest absolute Gasteiger partial charge is 0.193 e. The number of guanidine groups is 1. The fraction of sp³-hybridized carbons (Fsp3) is 0.381. The number of hydrogen-bond donors (Lipinski definition) is 2. The Morgan fingerprint density at radius 3 is 2.38 bits per heavy atom. The van der Waals surface area contributed by atoms with E-state index in [4.69, 9.17) is 15.2 Å². The third-order valence-electron chi connectivity index (χ3n) is 5.03. The quantitative estimate of drug-likeness (QED) is 0.638. The van der Waals surface area contributed by atoms with Crippen molar-refractivity contribution in [3.63, 3.8) is 0 Å². The standard InChI is InChI=1S/C21H27N3O2/c1-16-3-7-18(8-4-16)24-20(22)23-15-21(11-13-26-14-12-21)17-5-9-19(25-2)10-6-17/h3-10H,11-15H2,1-2H3,(H3,22,23,24). The topological polar surface area (TPSA) is 68.9 Å². The molecule has 3 N–H and O–H groups in total. The summed E-state index contributed by atoms with van der Waals surface area (Å²) in [6.45, 7) is 4.18. The number of aryl methyl sites for hydroxylation is 1. The van der Waals surface area contributed by atoms with Crippen molar-refractivity contribution in [2.45, 2.75) is 25.2 Å². The van der Waals surface area contributed by atoms with E-state index in [0.29, 0.717) is 12.5 Å². The number of nitrogens with two attached hydrogens (primary N) is 1.